The summed E-state index contributed by atoms with van der Waals surface area (Å²) in [6.07, 6.45) is 3.33. The molecule has 3 unspecified atom stereocenters. The summed E-state index contributed by atoms with van der Waals surface area (Å²) in [6, 6.07) is 0. The number of imidazole rings is 1. The lowest BCUT2D eigenvalue weighted by atomic mass is 10.3. The molecular formula is C9H12N5O2S+. The zero-order chi connectivity index (χ0) is 12.3. The zero-order valence-corrected chi connectivity index (χ0v) is 10.3. The monoisotopic (exact) mass is 254 g/mol. The second-order valence-electron chi connectivity index (χ2n) is 4.28. The standard InChI is InChI=1S/C9H12N5O2S/c1-3-14(2)7(6-10-4-5-11-6)12-8-9(14,17-8)13(15)16/h4-5,8H,3H2,1-2H3,(H,10,11)/q+1. The lowest BCUT2D eigenvalue weighted by molar-refractivity contribution is -0.940. The van der Waals surface area contributed by atoms with Crippen molar-refractivity contribution in [3.05, 3.63) is 28.3 Å². The Hall–Kier alpha value is -1.41. The number of H-pyrrole nitrogens is 1. The zero-order valence-electron chi connectivity index (χ0n) is 9.45. The van der Waals surface area contributed by atoms with Crippen LogP contribution in [0.3, 0.4) is 0 Å². The molecule has 1 fully saturated rings. The Morgan fingerprint density at radius 3 is 3.06 bits per heavy atom. The van der Waals surface area contributed by atoms with Crippen molar-refractivity contribution >= 4 is 17.6 Å². The Labute approximate surface area is 102 Å². The predicted molar refractivity (Wildman–Crippen MR) is 63.0 cm³/mol. The molecule has 2 aliphatic heterocycles. The van der Waals surface area contributed by atoms with Gasteiger partial charge in [0.2, 0.25) is 5.82 Å². The molecule has 0 aromatic carbocycles. The highest BCUT2D eigenvalue weighted by atomic mass is 32.2. The Morgan fingerprint density at radius 1 is 1.76 bits per heavy atom. The van der Waals surface area contributed by atoms with Gasteiger partial charge in [0.15, 0.2) is 0 Å². The van der Waals surface area contributed by atoms with Crippen molar-refractivity contribution in [3.8, 4) is 0 Å². The van der Waals surface area contributed by atoms with Crippen LogP contribution in [0.2, 0.25) is 0 Å². The summed E-state index contributed by atoms with van der Waals surface area (Å²) in [7, 11) is 1.85. The van der Waals surface area contributed by atoms with Crippen molar-refractivity contribution in [3.63, 3.8) is 0 Å². The minimum Gasteiger partial charge on any atom is -0.339 e. The van der Waals surface area contributed by atoms with Crippen molar-refractivity contribution in [1.29, 1.82) is 0 Å². The fraction of sp³-hybridized carbons (Fsp3) is 0.556. The maximum absolute atomic E-state index is 11.3. The van der Waals surface area contributed by atoms with Gasteiger partial charge in [-0.15, -0.1) is 0 Å². The van der Waals surface area contributed by atoms with Gasteiger partial charge in [-0.1, -0.05) is 0 Å². The van der Waals surface area contributed by atoms with E-state index in [-0.39, 0.29) is 14.8 Å². The minimum atomic E-state index is -1.03. The summed E-state index contributed by atoms with van der Waals surface area (Å²) < 4.78 is 0.197. The molecule has 0 saturated carbocycles. The smallest absolute Gasteiger partial charge is 0.339 e. The first-order chi connectivity index (χ1) is 8.06. The van der Waals surface area contributed by atoms with Crippen LogP contribution in [0, 0.1) is 10.1 Å². The Kier molecular flexibility index (Phi) is 1.94. The van der Waals surface area contributed by atoms with Crippen molar-refractivity contribution in [2.24, 2.45) is 4.99 Å². The third kappa shape index (κ3) is 1.07. The molecule has 1 saturated heterocycles. The summed E-state index contributed by atoms with van der Waals surface area (Å²) in [5.41, 5.74) is 0. The number of fused-ring (bicyclic) bond motifs is 1. The molecule has 1 N–H and O–H groups in total. The van der Waals surface area contributed by atoms with Gasteiger partial charge in [-0.05, 0) is 6.92 Å². The minimum absolute atomic E-state index is 0.197. The van der Waals surface area contributed by atoms with Crippen molar-refractivity contribution in [1.82, 2.24) is 9.97 Å². The largest absolute Gasteiger partial charge is 0.433 e. The maximum atomic E-state index is 11.3. The first-order valence-electron chi connectivity index (χ1n) is 5.32. The van der Waals surface area contributed by atoms with Crippen LogP contribution in [0.25, 0.3) is 0 Å². The number of nitrogens with zero attached hydrogens (tertiary/aromatic N) is 4. The van der Waals surface area contributed by atoms with E-state index in [1.807, 2.05) is 14.0 Å². The van der Waals surface area contributed by atoms with Crippen LogP contribution in [-0.4, -0.2) is 49.2 Å². The molecular weight excluding hydrogens is 242 g/mol. The average molecular weight is 254 g/mol. The van der Waals surface area contributed by atoms with Gasteiger partial charge in [0, 0.05) is 24.2 Å². The number of thioether (sulfide) groups is 1. The molecule has 0 spiro atoms. The van der Waals surface area contributed by atoms with Gasteiger partial charge in [-0.2, -0.15) is 9.48 Å². The van der Waals surface area contributed by atoms with Crippen LogP contribution < -0.4 is 0 Å². The van der Waals surface area contributed by atoms with Gasteiger partial charge in [0.25, 0.3) is 11.2 Å². The van der Waals surface area contributed by atoms with E-state index in [2.05, 4.69) is 15.0 Å². The molecule has 7 nitrogen and oxygen atoms in total. The van der Waals surface area contributed by atoms with E-state index in [1.165, 1.54) is 11.8 Å². The van der Waals surface area contributed by atoms with Gasteiger partial charge in [0.1, 0.15) is 0 Å². The van der Waals surface area contributed by atoms with E-state index in [0.29, 0.717) is 18.2 Å². The molecule has 0 aliphatic carbocycles. The predicted octanol–water partition coefficient (Wildman–Crippen LogP) is 0.640. The molecule has 8 heteroatoms. The molecule has 0 bridgehead atoms. The number of amidine groups is 1. The number of hydrogen-bond donors (Lipinski definition) is 1. The fourth-order valence-electron chi connectivity index (χ4n) is 2.36. The second kappa shape index (κ2) is 3.08. The van der Waals surface area contributed by atoms with E-state index >= 15 is 0 Å². The quantitative estimate of drug-likeness (QED) is 0.371. The normalized spacial score (nSPS) is 38.7. The Balaban J connectivity index is 2.10. The summed E-state index contributed by atoms with van der Waals surface area (Å²) in [6.45, 7) is 2.55. The van der Waals surface area contributed by atoms with E-state index in [9.17, 15) is 10.1 Å². The number of quaternary nitrogens is 1. The summed E-state index contributed by atoms with van der Waals surface area (Å²) in [5.74, 6) is 1.31. The third-order valence-electron chi connectivity index (χ3n) is 3.57. The van der Waals surface area contributed by atoms with Crippen LogP contribution in [0.15, 0.2) is 17.4 Å². The third-order valence-corrected chi connectivity index (χ3v) is 5.09. The number of nitro groups is 1. The molecule has 0 amide bonds. The van der Waals surface area contributed by atoms with Gasteiger partial charge in [-0.25, -0.2) is 4.98 Å². The highest BCUT2D eigenvalue weighted by Gasteiger charge is 2.86. The van der Waals surface area contributed by atoms with Crippen molar-refractivity contribution in [2.45, 2.75) is 17.3 Å². The van der Waals surface area contributed by atoms with Crippen molar-refractivity contribution < 1.29 is 9.41 Å². The molecule has 1 aromatic rings. The lowest BCUT2D eigenvalue weighted by Gasteiger charge is -2.30. The first kappa shape index (κ1) is 10.7. The Morgan fingerprint density at radius 2 is 2.53 bits per heavy atom. The Bertz CT molecular complexity index is 515. The fourth-order valence-corrected chi connectivity index (χ4v) is 3.68. The second-order valence-corrected chi connectivity index (χ2v) is 5.57. The van der Waals surface area contributed by atoms with Gasteiger partial charge in [-0.3, -0.25) is 10.1 Å². The van der Waals surface area contributed by atoms with E-state index in [0.717, 1.165) is 0 Å². The number of hydrogen-bond acceptors (Lipinski definition) is 5. The summed E-state index contributed by atoms with van der Waals surface area (Å²) in [4.78, 5) is 21.7. The molecule has 1 aromatic heterocycles. The van der Waals surface area contributed by atoms with Gasteiger partial charge >= 0.3 is 4.99 Å². The lowest BCUT2D eigenvalue weighted by Crippen LogP contribution is -2.59. The van der Waals surface area contributed by atoms with E-state index in [4.69, 9.17) is 0 Å². The van der Waals surface area contributed by atoms with E-state index in [1.54, 1.807) is 12.4 Å². The number of aromatic nitrogens is 2. The average Bonchev–Trinajstić information content (AvgIpc) is 2.71. The van der Waals surface area contributed by atoms with Crippen LogP contribution >= 0.6 is 11.8 Å². The molecule has 3 rings (SSSR count). The maximum Gasteiger partial charge on any atom is 0.433 e. The number of rotatable bonds is 3. The highest BCUT2D eigenvalue weighted by Crippen LogP contribution is 2.63. The van der Waals surface area contributed by atoms with Crippen molar-refractivity contribution in [2.75, 3.05) is 13.6 Å². The first-order valence-corrected chi connectivity index (χ1v) is 6.20. The molecule has 2 aliphatic rings. The van der Waals surface area contributed by atoms with Gasteiger partial charge < -0.3 is 4.98 Å². The molecule has 90 valence electrons. The summed E-state index contributed by atoms with van der Waals surface area (Å²) >= 11 is 1.31. The van der Waals surface area contributed by atoms with Crippen LogP contribution in [0.4, 0.5) is 0 Å². The SMILES string of the molecule is CC[N+]1(C)C(c2ncc[nH]2)=NC2SC21[N+](=O)[O-]. The molecule has 3 atom stereocenters. The molecule has 3 heterocycles. The number of aromatic amines is 1. The highest BCUT2D eigenvalue weighted by molar-refractivity contribution is 8.08. The summed E-state index contributed by atoms with van der Waals surface area (Å²) in [5, 5.41) is 11.0. The number of nitrogens with one attached hydrogen (secondary N) is 1. The van der Waals surface area contributed by atoms with Gasteiger partial charge in [0.05, 0.1) is 18.5 Å². The van der Waals surface area contributed by atoms with Crippen LogP contribution in [0.1, 0.15) is 12.7 Å². The number of likely N-dealkylation sites (N-methyl/N-ethyl adjacent to an activating group) is 1. The number of aliphatic imine (C=N–C) groups is 1. The molecule has 17 heavy (non-hydrogen) atoms. The van der Waals surface area contributed by atoms with Crippen LogP contribution in [0.5, 0.6) is 0 Å². The topological polar surface area (TPSA) is 84.2 Å². The van der Waals surface area contributed by atoms with E-state index < -0.39 is 4.99 Å². The molecule has 0 radical (unpaired) electrons. The van der Waals surface area contributed by atoms with Crippen LogP contribution in [-0.2, 0) is 0 Å².